The van der Waals surface area contributed by atoms with Crippen molar-refractivity contribution in [1.82, 2.24) is 14.9 Å². The van der Waals surface area contributed by atoms with Crippen LogP contribution in [0.2, 0.25) is 0 Å². The number of ether oxygens (including phenoxy) is 1. The molecule has 0 aliphatic carbocycles. The fraction of sp³-hybridized carbons (Fsp3) is 0.471. The molecular formula is C17H20N4O3. The Balaban J connectivity index is 1.44. The van der Waals surface area contributed by atoms with Gasteiger partial charge in [-0.1, -0.05) is 0 Å². The molecule has 1 fully saturated rings. The highest BCUT2D eigenvalue weighted by Gasteiger charge is 2.28. The van der Waals surface area contributed by atoms with Gasteiger partial charge in [0.25, 0.3) is 5.91 Å². The summed E-state index contributed by atoms with van der Waals surface area (Å²) in [4.78, 5) is 25.1. The topological polar surface area (TPSA) is 71.7 Å². The van der Waals surface area contributed by atoms with Crippen molar-refractivity contribution in [3.63, 3.8) is 0 Å². The molecule has 0 radical (unpaired) electrons. The molecule has 24 heavy (non-hydrogen) atoms. The average molecular weight is 328 g/mol. The first kappa shape index (κ1) is 15.3. The number of nitrogens with zero attached hydrogens (tertiary/aromatic N) is 4. The van der Waals surface area contributed by atoms with E-state index < -0.39 is 0 Å². The molecule has 2 aliphatic heterocycles. The average Bonchev–Trinajstić information content (AvgIpc) is 3.34. The van der Waals surface area contributed by atoms with E-state index in [9.17, 15) is 4.79 Å². The highest BCUT2D eigenvalue weighted by molar-refractivity contribution is 6.05. The van der Waals surface area contributed by atoms with Crippen LogP contribution in [0.3, 0.4) is 0 Å². The fourth-order valence-electron chi connectivity index (χ4n) is 3.38. The Bertz CT molecular complexity index is 745. The van der Waals surface area contributed by atoms with Gasteiger partial charge in [-0.05, 0) is 24.5 Å². The van der Waals surface area contributed by atoms with Crippen LogP contribution in [0.1, 0.15) is 28.4 Å². The lowest BCUT2D eigenvalue weighted by Crippen LogP contribution is -2.29. The maximum Gasteiger partial charge on any atom is 0.280 e. The molecule has 126 valence electrons. The summed E-state index contributed by atoms with van der Waals surface area (Å²) in [5, 5.41) is 0. The number of oxazole rings is 1. The first-order chi connectivity index (χ1) is 11.7. The number of amides is 1. The van der Waals surface area contributed by atoms with Crippen LogP contribution in [-0.2, 0) is 17.7 Å². The molecule has 7 heteroatoms. The maximum atomic E-state index is 12.7. The minimum atomic E-state index is -0.132. The van der Waals surface area contributed by atoms with Gasteiger partial charge in [0, 0.05) is 32.9 Å². The monoisotopic (exact) mass is 328 g/mol. The number of pyridine rings is 1. The third kappa shape index (κ3) is 2.81. The largest absolute Gasteiger partial charge is 0.447 e. The van der Waals surface area contributed by atoms with Crippen LogP contribution in [0, 0.1) is 0 Å². The van der Waals surface area contributed by atoms with E-state index in [0.29, 0.717) is 24.7 Å². The Labute approximate surface area is 140 Å². The van der Waals surface area contributed by atoms with Crippen LogP contribution in [0.15, 0.2) is 29.1 Å². The van der Waals surface area contributed by atoms with Gasteiger partial charge in [-0.15, -0.1) is 0 Å². The quantitative estimate of drug-likeness (QED) is 0.847. The fourth-order valence-corrected chi connectivity index (χ4v) is 3.38. The van der Waals surface area contributed by atoms with E-state index in [1.165, 1.54) is 6.26 Å². The van der Waals surface area contributed by atoms with E-state index in [1.807, 2.05) is 6.07 Å². The van der Waals surface area contributed by atoms with Crippen molar-refractivity contribution in [2.45, 2.75) is 25.5 Å². The van der Waals surface area contributed by atoms with E-state index in [4.69, 9.17) is 9.15 Å². The van der Waals surface area contributed by atoms with Crippen molar-refractivity contribution >= 4 is 11.6 Å². The minimum absolute atomic E-state index is 0.132. The number of hydrogen-bond acceptors (Lipinski definition) is 6. The van der Waals surface area contributed by atoms with Crippen molar-refractivity contribution in [2.24, 2.45) is 0 Å². The highest BCUT2D eigenvalue weighted by Crippen LogP contribution is 2.28. The smallest absolute Gasteiger partial charge is 0.280 e. The highest BCUT2D eigenvalue weighted by atomic mass is 16.5. The van der Waals surface area contributed by atoms with E-state index in [0.717, 1.165) is 37.2 Å². The van der Waals surface area contributed by atoms with Gasteiger partial charge < -0.3 is 14.1 Å². The first-order valence-corrected chi connectivity index (χ1v) is 8.19. The molecule has 1 amide bonds. The number of hydrogen-bond donors (Lipinski definition) is 0. The zero-order valence-corrected chi connectivity index (χ0v) is 13.6. The number of fused-ring (bicyclic) bond motifs is 1. The maximum absolute atomic E-state index is 12.7. The molecule has 0 N–H and O–H groups in total. The summed E-state index contributed by atoms with van der Waals surface area (Å²) in [6.07, 6.45) is 7.08. The SMILES string of the molecule is CO[C@H]1CCN(Cc2nc(C(=O)N3CCc4ccncc43)co2)C1. The van der Waals surface area contributed by atoms with Gasteiger partial charge in [0.2, 0.25) is 5.89 Å². The minimum Gasteiger partial charge on any atom is -0.447 e. The lowest BCUT2D eigenvalue weighted by molar-refractivity contribution is 0.0984. The molecule has 0 bridgehead atoms. The number of carbonyl (C=O) groups is 1. The molecule has 4 heterocycles. The van der Waals surface area contributed by atoms with Crippen LogP contribution >= 0.6 is 0 Å². The van der Waals surface area contributed by atoms with E-state index in [-0.39, 0.29) is 12.0 Å². The summed E-state index contributed by atoms with van der Waals surface area (Å²) in [5.74, 6) is 0.439. The third-order valence-corrected chi connectivity index (χ3v) is 4.72. The second-order valence-electron chi connectivity index (χ2n) is 6.22. The predicted molar refractivity (Wildman–Crippen MR) is 86.8 cm³/mol. The second-order valence-corrected chi connectivity index (χ2v) is 6.22. The Kier molecular flexibility index (Phi) is 4.03. The van der Waals surface area contributed by atoms with Gasteiger partial charge in [-0.2, -0.15) is 0 Å². The Morgan fingerprint density at radius 3 is 3.21 bits per heavy atom. The molecule has 0 aromatic carbocycles. The summed E-state index contributed by atoms with van der Waals surface area (Å²) >= 11 is 0. The van der Waals surface area contributed by atoms with Gasteiger partial charge in [-0.3, -0.25) is 14.7 Å². The van der Waals surface area contributed by atoms with Gasteiger partial charge in [0.1, 0.15) is 6.26 Å². The van der Waals surface area contributed by atoms with Crippen molar-refractivity contribution in [3.8, 4) is 0 Å². The van der Waals surface area contributed by atoms with Crippen molar-refractivity contribution in [3.05, 3.63) is 41.9 Å². The molecule has 0 unspecified atom stereocenters. The van der Waals surface area contributed by atoms with Crippen molar-refractivity contribution in [1.29, 1.82) is 0 Å². The van der Waals surface area contributed by atoms with E-state index >= 15 is 0 Å². The number of methoxy groups -OCH3 is 1. The number of anilines is 1. The van der Waals surface area contributed by atoms with Gasteiger partial charge in [-0.25, -0.2) is 4.98 Å². The van der Waals surface area contributed by atoms with Crippen molar-refractivity contribution < 1.29 is 13.9 Å². The molecule has 0 saturated carbocycles. The summed E-state index contributed by atoms with van der Waals surface area (Å²) in [6, 6.07) is 1.95. The summed E-state index contributed by atoms with van der Waals surface area (Å²) in [5.41, 5.74) is 2.36. The van der Waals surface area contributed by atoms with E-state index in [1.54, 1.807) is 24.4 Å². The molecular weight excluding hydrogens is 308 g/mol. The van der Waals surface area contributed by atoms with E-state index in [2.05, 4.69) is 14.9 Å². The molecule has 2 aromatic heterocycles. The summed E-state index contributed by atoms with van der Waals surface area (Å²) < 4.78 is 10.9. The molecule has 4 rings (SSSR count). The standard InChI is InChI=1S/C17H20N4O3/c1-23-13-4-6-20(9-13)10-16-19-14(11-24-16)17(22)21-7-3-12-2-5-18-8-15(12)21/h2,5,8,11,13H,3-4,6-7,9-10H2,1H3/t13-/m0/s1. The Morgan fingerprint density at radius 2 is 2.38 bits per heavy atom. The number of aromatic nitrogens is 2. The summed E-state index contributed by atoms with van der Waals surface area (Å²) in [6.45, 7) is 3.08. The lowest BCUT2D eigenvalue weighted by atomic mass is 10.2. The Hall–Kier alpha value is -2.25. The normalized spacial score (nSPS) is 20.5. The second kappa shape index (κ2) is 6.33. The molecule has 7 nitrogen and oxygen atoms in total. The van der Waals surface area contributed by atoms with Crippen LogP contribution in [0.5, 0.6) is 0 Å². The zero-order valence-electron chi connectivity index (χ0n) is 13.6. The number of carbonyl (C=O) groups excluding carboxylic acids is 1. The van der Waals surface area contributed by atoms with Gasteiger partial charge >= 0.3 is 0 Å². The molecule has 0 spiro atoms. The number of likely N-dealkylation sites (tertiary alicyclic amines) is 1. The Morgan fingerprint density at radius 1 is 1.46 bits per heavy atom. The van der Waals surface area contributed by atoms with Gasteiger partial charge in [0.15, 0.2) is 5.69 Å². The summed E-state index contributed by atoms with van der Waals surface area (Å²) in [7, 11) is 1.73. The molecule has 1 atom stereocenters. The van der Waals surface area contributed by atoms with Gasteiger partial charge in [0.05, 0.1) is 24.5 Å². The molecule has 1 saturated heterocycles. The first-order valence-electron chi connectivity index (χ1n) is 8.19. The van der Waals surface area contributed by atoms with Crippen LogP contribution in [-0.4, -0.2) is 53.6 Å². The predicted octanol–water partition coefficient (Wildman–Crippen LogP) is 1.49. The lowest BCUT2D eigenvalue weighted by Gasteiger charge is -2.15. The third-order valence-electron chi connectivity index (χ3n) is 4.72. The van der Waals surface area contributed by atoms with Crippen LogP contribution < -0.4 is 4.90 Å². The molecule has 2 aromatic rings. The van der Waals surface area contributed by atoms with Crippen molar-refractivity contribution in [2.75, 3.05) is 31.6 Å². The molecule has 2 aliphatic rings. The van der Waals surface area contributed by atoms with Crippen LogP contribution in [0.4, 0.5) is 5.69 Å². The number of rotatable bonds is 4. The zero-order chi connectivity index (χ0) is 16.5. The van der Waals surface area contributed by atoms with Crippen LogP contribution in [0.25, 0.3) is 0 Å².